The zero-order valence-electron chi connectivity index (χ0n) is 13.5. The Hall–Kier alpha value is -3.69. The number of amides is 2. The number of benzene rings is 1. The van der Waals surface area contributed by atoms with Crippen LogP contribution in [0.25, 0.3) is 0 Å². The monoisotopic (exact) mass is 358 g/mol. The van der Waals surface area contributed by atoms with Crippen LogP contribution in [0.3, 0.4) is 0 Å². The second-order valence-electron chi connectivity index (χ2n) is 5.30. The third-order valence-electron chi connectivity index (χ3n) is 3.39. The van der Waals surface area contributed by atoms with Gasteiger partial charge >= 0.3 is 0 Å². The van der Waals surface area contributed by atoms with E-state index in [4.69, 9.17) is 10.2 Å². The summed E-state index contributed by atoms with van der Waals surface area (Å²) >= 11 is 0. The van der Waals surface area contributed by atoms with Gasteiger partial charge in [-0.05, 0) is 30.3 Å². The third kappa shape index (κ3) is 4.04. The fraction of sp³-hybridized carbons (Fsp3) is 0.125. The molecule has 0 atom stereocenters. The summed E-state index contributed by atoms with van der Waals surface area (Å²) in [5, 5.41) is 12.5. The summed E-state index contributed by atoms with van der Waals surface area (Å²) in [5.74, 6) is -1.00. The zero-order chi connectivity index (χ0) is 18.5. The minimum absolute atomic E-state index is 0.0589. The maximum absolute atomic E-state index is 13.1. The smallest absolute Gasteiger partial charge is 0.276 e. The first-order chi connectivity index (χ1) is 12.5. The molecule has 0 aliphatic rings. The van der Waals surface area contributed by atoms with Crippen molar-refractivity contribution < 1.29 is 18.4 Å². The van der Waals surface area contributed by atoms with Crippen LogP contribution in [0.15, 0.2) is 47.1 Å². The van der Waals surface area contributed by atoms with Crippen molar-refractivity contribution in [1.82, 2.24) is 20.3 Å². The van der Waals surface area contributed by atoms with Gasteiger partial charge in [-0.1, -0.05) is 11.3 Å². The topological polar surface area (TPSA) is 128 Å². The van der Waals surface area contributed by atoms with Gasteiger partial charge in [-0.15, -0.1) is 5.10 Å². The molecule has 0 fully saturated rings. The number of hydrogen-bond donors (Lipinski definition) is 3. The van der Waals surface area contributed by atoms with Crippen molar-refractivity contribution in [3.63, 3.8) is 0 Å². The Morgan fingerprint density at radius 2 is 2.12 bits per heavy atom. The van der Waals surface area contributed by atoms with Crippen molar-refractivity contribution >= 4 is 23.3 Å². The summed E-state index contributed by atoms with van der Waals surface area (Å²) in [4.78, 5) is 24.1. The van der Waals surface area contributed by atoms with Crippen LogP contribution >= 0.6 is 0 Å². The second-order valence-corrected chi connectivity index (χ2v) is 5.30. The highest BCUT2D eigenvalue weighted by molar-refractivity contribution is 5.96. The van der Waals surface area contributed by atoms with Crippen molar-refractivity contribution in [2.45, 2.75) is 13.1 Å². The molecule has 0 radical (unpaired) electrons. The molecular formula is C16H15FN6O3. The number of halogens is 1. The third-order valence-corrected chi connectivity index (χ3v) is 3.39. The molecule has 134 valence electrons. The highest BCUT2D eigenvalue weighted by Crippen LogP contribution is 2.11. The van der Waals surface area contributed by atoms with E-state index in [1.165, 1.54) is 24.5 Å². The van der Waals surface area contributed by atoms with Gasteiger partial charge in [0.05, 0.1) is 12.8 Å². The number of carbonyl (C=O) groups excluding carboxylic acids is 2. The van der Waals surface area contributed by atoms with E-state index in [0.717, 1.165) is 4.68 Å². The molecule has 3 aromatic rings. The summed E-state index contributed by atoms with van der Waals surface area (Å²) in [7, 11) is 0. The Balaban J connectivity index is 1.61. The Labute approximate surface area is 147 Å². The number of carbonyl (C=O) groups is 2. The van der Waals surface area contributed by atoms with E-state index in [0.29, 0.717) is 11.4 Å². The number of anilines is 2. The Bertz CT molecular complexity index is 922. The molecule has 10 heteroatoms. The number of hydrogen-bond acceptors (Lipinski definition) is 6. The largest absolute Gasteiger partial charge is 0.467 e. The van der Waals surface area contributed by atoms with E-state index in [-0.39, 0.29) is 24.6 Å². The van der Waals surface area contributed by atoms with Crippen LogP contribution in [0, 0.1) is 5.82 Å². The maximum Gasteiger partial charge on any atom is 0.276 e. The highest BCUT2D eigenvalue weighted by Gasteiger charge is 2.19. The normalized spacial score (nSPS) is 10.5. The van der Waals surface area contributed by atoms with Crippen molar-refractivity contribution in [1.29, 1.82) is 0 Å². The van der Waals surface area contributed by atoms with E-state index >= 15 is 0 Å². The number of aromatic nitrogens is 3. The first-order valence-corrected chi connectivity index (χ1v) is 7.58. The molecule has 9 nitrogen and oxygen atoms in total. The number of nitrogens with zero attached hydrogens (tertiary/aromatic N) is 3. The molecule has 1 aromatic carbocycles. The molecule has 0 bridgehead atoms. The highest BCUT2D eigenvalue weighted by atomic mass is 19.1. The Morgan fingerprint density at radius 1 is 1.27 bits per heavy atom. The quantitative estimate of drug-likeness (QED) is 0.607. The first-order valence-electron chi connectivity index (χ1n) is 7.58. The lowest BCUT2D eigenvalue weighted by Gasteiger charge is -2.06. The summed E-state index contributed by atoms with van der Waals surface area (Å²) < 4.78 is 19.3. The van der Waals surface area contributed by atoms with E-state index in [1.54, 1.807) is 18.2 Å². The molecule has 2 aromatic heterocycles. The predicted molar refractivity (Wildman–Crippen MR) is 89.3 cm³/mol. The molecular weight excluding hydrogens is 343 g/mol. The Kier molecular flexibility index (Phi) is 4.92. The lowest BCUT2D eigenvalue weighted by molar-refractivity contribution is -0.116. The van der Waals surface area contributed by atoms with Gasteiger partial charge in [-0.3, -0.25) is 9.59 Å². The fourth-order valence-electron chi connectivity index (χ4n) is 2.17. The lowest BCUT2D eigenvalue weighted by Crippen LogP contribution is -2.25. The van der Waals surface area contributed by atoms with Crippen LogP contribution in [0.4, 0.5) is 15.9 Å². The minimum atomic E-state index is -0.546. The molecule has 3 rings (SSSR count). The van der Waals surface area contributed by atoms with Gasteiger partial charge in [0.25, 0.3) is 5.91 Å². The molecule has 0 saturated heterocycles. The van der Waals surface area contributed by atoms with Crippen LogP contribution in [0.2, 0.25) is 0 Å². The predicted octanol–water partition coefficient (Wildman–Crippen LogP) is 1.16. The number of nitrogen functional groups attached to an aromatic ring is 1. The van der Waals surface area contributed by atoms with E-state index in [2.05, 4.69) is 20.9 Å². The Morgan fingerprint density at radius 3 is 2.85 bits per heavy atom. The second kappa shape index (κ2) is 7.47. The average Bonchev–Trinajstić information content (AvgIpc) is 3.23. The van der Waals surface area contributed by atoms with Crippen molar-refractivity contribution in [2.24, 2.45) is 0 Å². The van der Waals surface area contributed by atoms with Gasteiger partial charge in [-0.25, -0.2) is 9.07 Å². The molecule has 0 aliphatic heterocycles. The molecule has 0 saturated carbocycles. The average molecular weight is 358 g/mol. The first kappa shape index (κ1) is 17.1. The van der Waals surface area contributed by atoms with E-state index in [9.17, 15) is 14.0 Å². The number of furan rings is 1. The SMILES string of the molecule is Nc1c(C(=O)NCc2ccco2)nnn1CC(=O)Nc1cccc(F)c1. The minimum Gasteiger partial charge on any atom is -0.467 e. The van der Waals surface area contributed by atoms with Gasteiger partial charge < -0.3 is 20.8 Å². The van der Waals surface area contributed by atoms with Crippen molar-refractivity contribution in [3.8, 4) is 0 Å². The summed E-state index contributed by atoms with van der Waals surface area (Å²) in [6, 6.07) is 8.85. The van der Waals surface area contributed by atoms with Crippen LogP contribution in [0.1, 0.15) is 16.2 Å². The van der Waals surface area contributed by atoms with Gasteiger partial charge in [0.2, 0.25) is 5.91 Å². The van der Waals surface area contributed by atoms with E-state index < -0.39 is 17.6 Å². The molecule has 4 N–H and O–H groups in total. The van der Waals surface area contributed by atoms with Crippen LogP contribution in [-0.2, 0) is 17.9 Å². The molecule has 0 aliphatic carbocycles. The molecule has 2 heterocycles. The van der Waals surface area contributed by atoms with Crippen LogP contribution in [0.5, 0.6) is 0 Å². The lowest BCUT2D eigenvalue weighted by atomic mass is 10.3. The molecule has 26 heavy (non-hydrogen) atoms. The van der Waals surface area contributed by atoms with Crippen molar-refractivity contribution in [2.75, 3.05) is 11.1 Å². The number of nitrogens with one attached hydrogen (secondary N) is 2. The van der Waals surface area contributed by atoms with Crippen molar-refractivity contribution in [3.05, 3.63) is 59.9 Å². The van der Waals surface area contributed by atoms with Gasteiger partial charge in [-0.2, -0.15) is 0 Å². The molecule has 0 unspecified atom stereocenters. The fourth-order valence-corrected chi connectivity index (χ4v) is 2.17. The number of rotatable bonds is 6. The van der Waals surface area contributed by atoms with Gasteiger partial charge in [0, 0.05) is 5.69 Å². The molecule has 0 spiro atoms. The van der Waals surface area contributed by atoms with E-state index in [1.807, 2.05) is 0 Å². The van der Waals surface area contributed by atoms with Crippen LogP contribution in [-0.4, -0.2) is 26.8 Å². The van der Waals surface area contributed by atoms with Gasteiger partial charge in [0.1, 0.15) is 18.1 Å². The zero-order valence-corrected chi connectivity index (χ0v) is 13.5. The number of nitrogens with two attached hydrogens (primary N) is 1. The van der Waals surface area contributed by atoms with Gasteiger partial charge in [0.15, 0.2) is 11.5 Å². The summed E-state index contributed by atoms with van der Waals surface area (Å²) in [6.45, 7) is -0.112. The standard InChI is InChI=1S/C16H15FN6O3/c17-10-3-1-4-11(7-10)20-13(24)9-23-15(18)14(21-22-23)16(25)19-8-12-5-2-6-26-12/h1-7H,8-9,18H2,(H,19,25)(H,20,24). The molecule has 2 amide bonds. The summed E-state index contributed by atoms with van der Waals surface area (Å²) in [5.41, 5.74) is 6.03. The summed E-state index contributed by atoms with van der Waals surface area (Å²) in [6.07, 6.45) is 1.49. The van der Waals surface area contributed by atoms with Crippen LogP contribution < -0.4 is 16.4 Å². The maximum atomic E-state index is 13.1.